The summed E-state index contributed by atoms with van der Waals surface area (Å²) in [6, 6.07) is 8.66. The predicted molar refractivity (Wildman–Crippen MR) is 77.2 cm³/mol. The molecule has 104 valence electrons. The molecule has 20 heavy (non-hydrogen) atoms. The van der Waals surface area contributed by atoms with Gasteiger partial charge in [-0.05, 0) is 23.8 Å². The highest BCUT2D eigenvalue weighted by molar-refractivity contribution is 9.08. The zero-order valence-electron chi connectivity index (χ0n) is 9.98. The van der Waals surface area contributed by atoms with Crippen LogP contribution in [-0.4, -0.2) is 4.92 Å². The second-order valence-electron chi connectivity index (χ2n) is 3.85. The number of benzene rings is 2. The third-order valence-corrected chi connectivity index (χ3v) is 3.45. The van der Waals surface area contributed by atoms with Crippen LogP contribution in [0.5, 0.6) is 11.5 Å². The number of hydrogen-bond acceptors (Lipinski definition) is 3. The molecule has 0 unspecified atom stereocenters. The number of nitro groups is 1. The van der Waals surface area contributed by atoms with Crippen molar-refractivity contribution in [2.24, 2.45) is 0 Å². The maximum Gasteiger partial charge on any atom is 0.311 e. The lowest BCUT2D eigenvalue weighted by molar-refractivity contribution is -0.385. The minimum atomic E-state index is -0.756. The van der Waals surface area contributed by atoms with Crippen LogP contribution in [0, 0.1) is 15.9 Å². The fourth-order valence-corrected chi connectivity index (χ4v) is 2.07. The van der Waals surface area contributed by atoms with Gasteiger partial charge in [0.05, 0.1) is 9.95 Å². The lowest BCUT2D eigenvalue weighted by atomic mass is 10.2. The van der Waals surface area contributed by atoms with Crippen LogP contribution in [-0.2, 0) is 5.33 Å². The van der Waals surface area contributed by atoms with E-state index in [4.69, 9.17) is 16.3 Å². The number of ether oxygens (including phenoxy) is 1. The van der Waals surface area contributed by atoms with E-state index in [1.54, 1.807) is 6.07 Å². The Bertz CT molecular complexity index is 666. The Morgan fingerprint density at radius 2 is 2.05 bits per heavy atom. The highest BCUT2D eigenvalue weighted by Crippen LogP contribution is 2.35. The van der Waals surface area contributed by atoms with Gasteiger partial charge in [0, 0.05) is 11.4 Å². The third-order valence-electron chi connectivity index (χ3n) is 2.51. The van der Waals surface area contributed by atoms with Gasteiger partial charge in [-0.15, -0.1) is 0 Å². The number of alkyl halides is 1. The maximum absolute atomic E-state index is 13.7. The molecule has 2 aromatic carbocycles. The maximum atomic E-state index is 13.7. The molecule has 0 heterocycles. The summed E-state index contributed by atoms with van der Waals surface area (Å²) in [5.74, 6) is -0.957. The second kappa shape index (κ2) is 6.19. The number of hydrogen-bond donors (Lipinski definition) is 0. The van der Waals surface area contributed by atoms with E-state index in [-0.39, 0.29) is 22.2 Å². The van der Waals surface area contributed by atoms with Crippen molar-refractivity contribution < 1.29 is 14.1 Å². The molecule has 0 fully saturated rings. The van der Waals surface area contributed by atoms with Gasteiger partial charge in [-0.3, -0.25) is 10.1 Å². The zero-order chi connectivity index (χ0) is 14.7. The van der Waals surface area contributed by atoms with Crippen molar-refractivity contribution in [2.45, 2.75) is 5.33 Å². The smallest absolute Gasteiger partial charge is 0.311 e. The van der Waals surface area contributed by atoms with Gasteiger partial charge in [-0.1, -0.05) is 39.7 Å². The van der Waals surface area contributed by atoms with Crippen molar-refractivity contribution in [2.75, 3.05) is 0 Å². The van der Waals surface area contributed by atoms with E-state index < -0.39 is 10.7 Å². The Labute approximate surface area is 127 Å². The van der Waals surface area contributed by atoms with E-state index in [1.165, 1.54) is 30.3 Å². The van der Waals surface area contributed by atoms with Crippen LogP contribution in [0.1, 0.15) is 5.56 Å². The van der Waals surface area contributed by atoms with Crippen molar-refractivity contribution in [1.82, 2.24) is 0 Å². The first-order chi connectivity index (χ1) is 9.52. The zero-order valence-corrected chi connectivity index (χ0v) is 12.3. The molecule has 0 bridgehead atoms. The van der Waals surface area contributed by atoms with Crippen LogP contribution in [0.2, 0.25) is 5.02 Å². The number of halogens is 3. The fourth-order valence-electron chi connectivity index (χ4n) is 1.56. The molecule has 2 aromatic rings. The second-order valence-corrected chi connectivity index (χ2v) is 4.81. The standard InChI is InChI=1S/C13H8BrClFNO3/c14-7-8-4-5-11(10(6-8)17(18)19)20-12-3-1-2-9(15)13(12)16/h1-6H,7H2. The van der Waals surface area contributed by atoms with E-state index >= 15 is 0 Å². The first-order valence-corrected chi connectivity index (χ1v) is 6.98. The highest BCUT2D eigenvalue weighted by Gasteiger charge is 2.18. The molecule has 0 amide bonds. The van der Waals surface area contributed by atoms with Gasteiger partial charge in [0.15, 0.2) is 11.6 Å². The van der Waals surface area contributed by atoms with Crippen molar-refractivity contribution in [3.63, 3.8) is 0 Å². The van der Waals surface area contributed by atoms with Crippen LogP contribution in [0.4, 0.5) is 10.1 Å². The van der Waals surface area contributed by atoms with Gasteiger partial charge in [-0.25, -0.2) is 4.39 Å². The van der Waals surface area contributed by atoms with Crippen molar-refractivity contribution >= 4 is 33.2 Å². The monoisotopic (exact) mass is 359 g/mol. The SMILES string of the molecule is O=[N+]([O-])c1cc(CBr)ccc1Oc1cccc(Cl)c1F. The van der Waals surface area contributed by atoms with Gasteiger partial charge in [-0.2, -0.15) is 0 Å². The van der Waals surface area contributed by atoms with Crippen molar-refractivity contribution in [3.8, 4) is 11.5 Å². The Morgan fingerprint density at radius 3 is 2.70 bits per heavy atom. The van der Waals surface area contributed by atoms with E-state index in [1.807, 2.05) is 0 Å². The summed E-state index contributed by atoms with van der Waals surface area (Å²) < 4.78 is 19.0. The molecule has 0 saturated heterocycles. The van der Waals surface area contributed by atoms with Gasteiger partial charge >= 0.3 is 5.69 Å². The van der Waals surface area contributed by atoms with Crippen molar-refractivity contribution in [1.29, 1.82) is 0 Å². The molecule has 7 heteroatoms. The summed E-state index contributed by atoms with van der Waals surface area (Å²) in [5, 5.41) is 11.4. The van der Waals surface area contributed by atoms with E-state index in [0.717, 1.165) is 5.56 Å². The molecule has 0 aliphatic heterocycles. The quantitative estimate of drug-likeness (QED) is 0.434. The summed E-state index contributed by atoms with van der Waals surface area (Å²) in [5.41, 5.74) is 0.483. The average Bonchev–Trinajstić information content (AvgIpc) is 2.44. The third kappa shape index (κ3) is 3.08. The molecule has 0 aromatic heterocycles. The Hall–Kier alpha value is -1.66. The molecule has 4 nitrogen and oxygen atoms in total. The van der Waals surface area contributed by atoms with E-state index in [9.17, 15) is 14.5 Å². The van der Waals surface area contributed by atoms with Crippen LogP contribution in [0.3, 0.4) is 0 Å². The summed E-state index contributed by atoms with van der Waals surface area (Å²) in [6.07, 6.45) is 0. The summed E-state index contributed by atoms with van der Waals surface area (Å²) in [7, 11) is 0. The molecule has 2 rings (SSSR count). The molecule has 0 N–H and O–H groups in total. The topological polar surface area (TPSA) is 52.4 Å². The van der Waals surface area contributed by atoms with Crippen molar-refractivity contribution in [3.05, 3.63) is 62.9 Å². The van der Waals surface area contributed by atoms with Gasteiger partial charge in [0.1, 0.15) is 0 Å². The molecule has 0 aliphatic carbocycles. The lowest BCUT2D eigenvalue weighted by Crippen LogP contribution is -1.96. The minimum Gasteiger partial charge on any atom is -0.447 e. The van der Waals surface area contributed by atoms with E-state index in [2.05, 4.69) is 15.9 Å². The Kier molecular flexibility index (Phi) is 4.57. The Balaban J connectivity index is 2.43. The van der Waals surface area contributed by atoms with Gasteiger partial charge in [0.2, 0.25) is 5.75 Å². The first-order valence-electron chi connectivity index (χ1n) is 5.48. The number of rotatable bonds is 4. The van der Waals surface area contributed by atoms with E-state index in [0.29, 0.717) is 5.33 Å². The van der Waals surface area contributed by atoms with Crippen LogP contribution in [0.25, 0.3) is 0 Å². The molecule has 0 atom stereocenters. The molecule has 0 spiro atoms. The lowest BCUT2D eigenvalue weighted by Gasteiger charge is -2.08. The van der Waals surface area contributed by atoms with Crippen LogP contribution >= 0.6 is 27.5 Å². The molecule has 0 radical (unpaired) electrons. The largest absolute Gasteiger partial charge is 0.447 e. The molecular formula is C13H8BrClFNO3. The summed E-state index contributed by atoms with van der Waals surface area (Å²) in [6.45, 7) is 0. The van der Waals surface area contributed by atoms with Crippen LogP contribution < -0.4 is 4.74 Å². The number of nitro benzene ring substituents is 1. The fraction of sp³-hybridized carbons (Fsp3) is 0.0769. The van der Waals surface area contributed by atoms with Gasteiger partial charge < -0.3 is 4.74 Å². The number of nitrogens with zero attached hydrogens (tertiary/aromatic N) is 1. The summed E-state index contributed by atoms with van der Waals surface area (Å²) in [4.78, 5) is 10.4. The first kappa shape index (κ1) is 14.7. The van der Waals surface area contributed by atoms with Gasteiger partial charge in [0.25, 0.3) is 0 Å². The predicted octanol–water partition coefficient (Wildman–Crippen LogP) is 5.07. The molecular weight excluding hydrogens is 353 g/mol. The molecule has 0 saturated carbocycles. The minimum absolute atomic E-state index is 0.0409. The Morgan fingerprint density at radius 1 is 1.30 bits per heavy atom. The molecule has 0 aliphatic rings. The normalized spacial score (nSPS) is 10.3. The van der Waals surface area contributed by atoms with Crippen LogP contribution in [0.15, 0.2) is 36.4 Å². The summed E-state index contributed by atoms with van der Waals surface area (Å²) >= 11 is 8.85. The average molecular weight is 361 g/mol. The highest BCUT2D eigenvalue weighted by atomic mass is 79.9.